The Balaban J connectivity index is 2.23. The van der Waals surface area contributed by atoms with E-state index in [1.807, 2.05) is 0 Å². The third-order valence-electron chi connectivity index (χ3n) is 3.77. The molecule has 2 aliphatic carbocycles. The fourth-order valence-electron chi connectivity index (χ4n) is 2.83. The molecule has 0 aromatic rings. The lowest BCUT2D eigenvalue weighted by atomic mass is 9.82. The van der Waals surface area contributed by atoms with Crippen molar-refractivity contribution in [1.82, 2.24) is 0 Å². The highest BCUT2D eigenvalue weighted by Gasteiger charge is 2.57. The van der Waals surface area contributed by atoms with Crippen LogP contribution in [0, 0.1) is 10.8 Å². The first-order valence-corrected chi connectivity index (χ1v) is 4.47. The molecule has 0 spiro atoms. The summed E-state index contributed by atoms with van der Waals surface area (Å²) in [4.78, 5) is 11.0. The summed E-state index contributed by atoms with van der Waals surface area (Å²) in [6.45, 7) is 0.169. The molecule has 0 aromatic heterocycles. The third kappa shape index (κ3) is 0.829. The van der Waals surface area contributed by atoms with Gasteiger partial charge < -0.3 is 10.2 Å². The van der Waals surface area contributed by atoms with Gasteiger partial charge in [-0.2, -0.15) is 0 Å². The van der Waals surface area contributed by atoms with Gasteiger partial charge in [0.25, 0.3) is 0 Å². The van der Waals surface area contributed by atoms with E-state index in [0.717, 1.165) is 25.7 Å². The molecule has 2 fully saturated rings. The largest absolute Gasteiger partial charge is 0.481 e. The van der Waals surface area contributed by atoms with Gasteiger partial charge in [-0.05, 0) is 37.5 Å². The van der Waals surface area contributed by atoms with Gasteiger partial charge in [0.05, 0.1) is 5.41 Å². The number of aliphatic hydroxyl groups is 1. The van der Waals surface area contributed by atoms with Crippen LogP contribution in [0.15, 0.2) is 0 Å². The lowest BCUT2D eigenvalue weighted by Crippen LogP contribution is -2.25. The van der Waals surface area contributed by atoms with E-state index < -0.39 is 11.4 Å². The summed E-state index contributed by atoms with van der Waals surface area (Å²) in [7, 11) is 0. The molecule has 2 aliphatic rings. The average Bonchev–Trinajstić information content (AvgIpc) is 2.61. The number of rotatable bonds is 2. The molecule has 3 heteroatoms. The minimum atomic E-state index is -0.657. The lowest BCUT2D eigenvalue weighted by Gasteiger charge is -2.23. The van der Waals surface area contributed by atoms with E-state index in [0.29, 0.717) is 6.42 Å². The maximum Gasteiger partial charge on any atom is 0.309 e. The molecule has 12 heavy (non-hydrogen) atoms. The summed E-state index contributed by atoms with van der Waals surface area (Å²) in [6, 6.07) is 0. The van der Waals surface area contributed by atoms with Crippen LogP contribution >= 0.6 is 0 Å². The standard InChI is InChI=1S/C9H14O3/c10-6-8-1-3-9(5-8,4-2-8)7(11)12/h10H,1-6H2,(H,11,12). The molecule has 0 aliphatic heterocycles. The van der Waals surface area contributed by atoms with Gasteiger partial charge >= 0.3 is 5.97 Å². The van der Waals surface area contributed by atoms with E-state index in [4.69, 9.17) is 10.2 Å². The lowest BCUT2D eigenvalue weighted by molar-refractivity contribution is -0.148. The highest BCUT2D eigenvalue weighted by molar-refractivity contribution is 5.75. The maximum atomic E-state index is 11.0. The zero-order chi connectivity index (χ0) is 8.82. The summed E-state index contributed by atoms with van der Waals surface area (Å²) in [5.74, 6) is -0.657. The molecule has 3 nitrogen and oxygen atoms in total. The molecule has 2 N–H and O–H groups in total. The Bertz CT molecular complexity index is 214. The molecule has 0 radical (unpaired) electrons. The highest BCUT2D eigenvalue weighted by Crippen LogP contribution is 2.61. The Labute approximate surface area is 71.4 Å². The van der Waals surface area contributed by atoms with E-state index >= 15 is 0 Å². The Morgan fingerprint density at radius 3 is 2.08 bits per heavy atom. The predicted molar refractivity (Wildman–Crippen MR) is 42.7 cm³/mol. The zero-order valence-corrected chi connectivity index (χ0v) is 7.05. The summed E-state index contributed by atoms with van der Waals surface area (Å²) in [6.07, 6.45) is 4.03. The number of carboxylic acids is 1. The number of aliphatic carboxylic acids is 1. The molecule has 2 bridgehead atoms. The third-order valence-corrected chi connectivity index (χ3v) is 3.77. The summed E-state index contributed by atoms with van der Waals surface area (Å²) < 4.78 is 0. The molecule has 0 unspecified atom stereocenters. The van der Waals surface area contributed by atoms with Gasteiger partial charge in [0, 0.05) is 6.61 Å². The van der Waals surface area contributed by atoms with E-state index in [1.54, 1.807) is 0 Å². The monoisotopic (exact) mass is 170 g/mol. The predicted octanol–water partition coefficient (Wildman–Crippen LogP) is 1.01. The molecule has 2 saturated carbocycles. The number of carbonyl (C=O) groups is 1. The van der Waals surface area contributed by atoms with E-state index in [9.17, 15) is 4.79 Å². The molecule has 0 heterocycles. The molecule has 0 aromatic carbocycles. The van der Waals surface area contributed by atoms with Gasteiger partial charge in [-0.25, -0.2) is 0 Å². The van der Waals surface area contributed by atoms with Crippen molar-refractivity contribution < 1.29 is 15.0 Å². The van der Waals surface area contributed by atoms with Crippen LogP contribution in [0.5, 0.6) is 0 Å². The Hall–Kier alpha value is -0.570. The second-order valence-corrected chi connectivity index (χ2v) is 4.42. The minimum absolute atomic E-state index is 0.0294. The van der Waals surface area contributed by atoms with Crippen molar-refractivity contribution in [2.75, 3.05) is 6.61 Å². The first-order valence-electron chi connectivity index (χ1n) is 4.47. The van der Waals surface area contributed by atoms with Crippen LogP contribution in [0.25, 0.3) is 0 Å². The number of fused-ring (bicyclic) bond motifs is 2. The fraction of sp³-hybridized carbons (Fsp3) is 0.889. The smallest absolute Gasteiger partial charge is 0.309 e. The molecular formula is C9H14O3. The van der Waals surface area contributed by atoms with Crippen LogP contribution in [-0.4, -0.2) is 22.8 Å². The van der Waals surface area contributed by atoms with Gasteiger partial charge in [0.1, 0.15) is 0 Å². The van der Waals surface area contributed by atoms with Gasteiger partial charge in [-0.1, -0.05) is 0 Å². The first-order chi connectivity index (χ1) is 5.63. The van der Waals surface area contributed by atoms with Crippen molar-refractivity contribution in [2.24, 2.45) is 10.8 Å². The van der Waals surface area contributed by atoms with Crippen LogP contribution in [-0.2, 0) is 4.79 Å². The van der Waals surface area contributed by atoms with Crippen LogP contribution < -0.4 is 0 Å². The van der Waals surface area contributed by atoms with Crippen molar-refractivity contribution in [2.45, 2.75) is 32.1 Å². The van der Waals surface area contributed by atoms with Gasteiger partial charge in [0.15, 0.2) is 0 Å². The normalized spacial score (nSPS) is 45.1. The van der Waals surface area contributed by atoms with Gasteiger partial charge in [-0.3, -0.25) is 4.79 Å². The topological polar surface area (TPSA) is 57.5 Å². The van der Waals surface area contributed by atoms with Crippen LogP contribution in [0.1, 0.15) is 32.1 Å². The van der Waals surface area contributed by atoms with E-state index in [1.165, 1.54) is 0 Å². The summed E-state index contributed by atoms with van der Waals surface area (Å²) in [5.41, 5.74) is -0.499. The fourth-order valence-corrected chi connectivity index (χ4v) is 2.83. The van der Waals surface area contributed by atoms with E-state index in [-0.39, 0.29) is 12.0 Å². The van der Waals surface area contributed by atoms with Gasteiger partial charge in [0.2, 0.25) is 0 Å². The highest BCUT2D eigenvalue weighted by atomic mass is 16.4. The SMILES string of the molecule is O=C(O)C12CCC(CO)(CC1)C2. The summed E-state index contributed by atoms with van der Waals surface area (Å²) >= 11 is 0. The first kappa shape index (κ1) is 8.05. The quantitative estimate of drug-likeness (QED) is 0.650. The average molecular weight is 170 g/mol. The van der Waals surface area contributed by atoms with Crippen LogP contribution in [0.2, 0.25) is 0 Å². The second-order valence-electron chi connectivity index (χ2n) is 4.42. The molecule has 0 atom stereocenters. The van der Waals surface area contributed by atoms with Crippen LogP contribution in [0.3, 0.4) is 0 Å². The van der Waals surface area contributed by atoms with Crippen molar-refractivity contribution in [3.63, 3.8) is 0 Å². The minimum Gasteiger partial charge on any atom is -0.481 e. The number of hydrogen-bond acceptors (Lipinski definition) is 2. The Morgan fingerprint density at radius 1 is 1.25 bits per heavy atom. The Morgan fingerprint density at radius 2 is 1.83 bits per heavy atom. The van der Waals surface area contributed by atoms with Crippen LogP contribution in [0.4, 0.5) is 0 Å². The van der Waals surface area contributed by atoms with Crippen molar-refractivity contribution in [3.8, 4) is 0 Å². The maximum absolute atomic E-state index is 11.0. The number of carboxylic acid groups (broad SMARTS) is 1. The van der Waals surface area contributed by atoms with E-state index in [2.05, 4.69) is 0 Å². The molecular weight excluding hydrogens is 156 g/mol. The summed E-state index contributed by atoms with van der Waals surface area (Å²) in [5, 5.41) is 18.2. The van der Waals surface area contributed by atoms with Crippen molar-refractivity contribution >= 4 is 5.97 Å². The number of aliphatic hydroxyl groups excluding tert-OH is 1. The molecule has 0 amide bonds. The van der Waals surface area contributed by atoms with Crippen molar-refractivity contribution in [3.05, 3.63) is 0 Å². The van der Waals surface area contributed by atoms with Crippen molar-refractivity contribution in [1.29, 1.82) is 0 Å². The Kier molecular flexibility index (Phi) is 1.49. The molecule has 0 saturated heterocycles. The molecule has 68 valence electrons. The molecule has 2 rings (SSSR count). The number of hydrogen-bond donors (Lipinski definition) is 2. The zero-order valence-electron chi connectivity index (χ0n) is 7.05. The second kappa shape index (κ2) is 2.22. The van der Waals surface area contributed by atoms with Gasteiger partial charge in [-0.15, -0.1) is 0 Å².